The Labute approximate surface area is 421 Å². The van der Waals surface area contributed by atoms with Crippen molar-refractivity contribution in [3.63, 3.8) is 0 Å². The number of rotatable bonds is 42. The molecule has 8 atom stereocenters. The lowest BCUT2D eigenvalue weighted by Crippen LogP contribution is -2.36. The molecule has 0 saturated carbocycles. The molecule has 1 aromatic rings. The zero-order valence-electron chi connectivity index (χ0n) is 42.1. The fourth-order valence-corrected chi connectivity index (χ4v) is 9.54. The number of nitrogen functional groups attached to an aromatic ring is 1. The number of phosphoric ester groups is 2. The summed E-state index contributed by atoms with van der Waals surface area (Å²) in [6.45, 7) is 1.95. The van der Waals surface area contributed by atoms with Gasteiger partial charge in [0.05, 0.1) is 19.3 Å². The molecule has 7 N–H and O–H groups in total. The maximum atomic E-state index is 12.9. The van der Waals surface area contributed by atoms with E-state index in [0.717, 1.165) is 62.1 Å². The number of nitrogens with zero attached hydrogens (tertiary/aromatic N) is 2. The number of carbonyl (C=O) groups excluding carboxylic acids is 2. The van der Waals surface area contributed by atoms with Crippen molar-refractivity contribution >= 4 is 33.4 Å². The quantitative estimate of drug-likeness (QED) is 0.0117. The van der Waals surface area contributed by atoms with Gasteiger partial charge >= 0.3 is 33.3 Å². The molecule has 0 aliphatic carbocycles. The largest absolute Gasteiger partial charge is 0.481 e. The number of carbonyl (C=O) groups is 2. The SMILES string of the molecule is CCCCCCCC/C=C\CCCCCCCC(=O)OC[C@H](COP(=O)(O)OP(=O)(O)OC[C@H]1O[C@@H](n2ccc(N)nc2=O)[C@H](O)[C@@H]1O)OC(=O)CCCC(O)/C=C/C=C/C/C=C/CCCCCCCC. The third-order valence-corrected chi connectivity index (χ3v) is 14.1. The summed E-state index contributed by atoms with van der Waals surface area (Å²) >= 11 is 0. The normalized spacial score (nSPS) is 20.0. The summed E-state index contributed by atoms with van der Waals surface area (Å²) in [5, 5.41) is 31.3. The van der Waals surface area contributed by atoms with E-state index < -0.39 is 89.8 Å². The zero-order valence-corrected chi connectivity index (χ0v) is 43.9. The van der Waals surface area contributed by atoms with Crippen molar-refractivity contribution in [3.8, 4) is 0 Å². The van der Waals surface area contributed by atoms with Gasteiger partial charge in [0.1, 0.15) is 30.7 Å². The van der Waals surface area contributed by atoms with Gasteiger partial charge in [-0.25, -0.2) is 13.9 Å². The summed E-state index contributed by atoms with van der Waals surface area (Å²) in [5.41, 5.74) is 4.57. The molecular weight excluding hydrogens is 961 g/mol. The molecule has 1 aromatic heterocycles. The van der Waals surface area contributed by atoms with Crippen molar-refractivity contribution < 1.29 is 71.4 Å². The molecule has 406 valence electrons. The van der Waals surface area contributed by atoms with Crippen molar-refractivity contribution in [1.82, 2.24) is 9.55 Å². The lowest BCUT2D eigenvalue weighted by atomic mass is 10.1. The molecule has 1 saturated heterocycles. The summed E-state index contributed by atoms with van der Waals surface area (Å²) in [7, 11) is -10.9. The van der Waals surface area contributed by atoms with Crippen LogP contribution in [0.3, 0.4) is 0 Å². The van der Waals surface area contributed by atoms with Crippen LogP contribution in [0.25, 0.3) is 0 Å². The Morgan fingerprint density at radius 2 is 1.31 bits per heavy atom. The number of phosphoric acid groups is 2. The Morgan fingerprint density at radius 3 is 1.93 bits per heavy atom. The predicted octanol–water partition coefficient (Wildman–Crippen LogP) is 9.53. The van der Waals surface area contributed by atoms with Crippen LogP contribution < -0.4 is 11.4 Å². The van der Waals surface area contributed by atoms with Crippen molar-refractivity contribution in [3.05, 3.63) is 71.4 Å². The predicted molar refractivity (Wildman–Crippen MR) is 272 cm³/mol. The summed E-state index contributed by atoms with van der Waals surface area (Å²) in [6.07, 6.45) is 32.2. The molecule has 0 radical (unpaired) electrons. The fourth-order valence-electron chi connectivity index (χ4n) is 7.43. The summed E-state index contributed by atoms with van der Waals surface area (Å²) in [6, 6.07) is 1.24. The van der Waals surface area contributed by atoms with Crippen LogP contribution in [0.2, 0.25) is 0 Å². The van der Waals surface area contributed by atoms with Gasteiger partial charge in [0.2, 0.25) is 0 Å². The molecule has 0 amide bonds. The van der Waals surface area contributed by atoms with E-state index in [-0.39, 0.29) is 31.5 Å². The molecule has 1 aliphatic heterocycles. The molecule has 0 spiro atoms. The van der Waals surface area contributed by atoms with Crippen LogP contribution in [0.4, 0.5) is 5.82 Å². The second-order valence-electron chi connectivity index (χ2n) is 17.9. The first-order valence-electron chi connectivity index (χ1n) is 25.8. The average molecular weight is 1050 g/mol. The lowest BCUT2D eigenvalue weighted by molar-refractivity contribution is -0.161. The first-order valence-corrected chi connectivity index (χ1v) is 28.7. The van der Waals surface area contributed by atoms with Crippen LogP contribution in [-0.4, -0.2) is 96.9 Å². The number of esters is 2. The van der Waals surface area contributed by atoms with E-state index in [4.69, 9.17) is 29.0 Å². The van der Waals surface area contributed by atoms with Gasteiger partial charge in [-0.15, -0.1) is 0 Å². The molecular formula is C50H85N3O16P2. The second-order valence-corrected chi connectivity index (χ2v) is 20.9. The maximum absolute atomic E-state index is 12.9. The Kier molecular flexibility index (Phi) is 34.4. The minimum absolute atomic E-state index is 0.0770. The number of hydrogen-bond donors (Lipinski definition) is 6. The fraction of sp³-hybridized carbons (Fsp3) is 0.720. The van der Waals surface area contributed by atoms with Crippen LogP contribution in [0.1, 0.15) is 181 Å². The van der Waals surface area contributed by atoms with Crippen molar-refractivity contribution in [1.29, 1.82) is 0 Å². The minimum atomic E-state index is -5.47. The number of aliphatic hydroxyl groups is 3. The highest BCUT2D eigenvalue weighted by molar-refractivity contribution is 7.61. The first kappa shape index (κ1) is 63.8. The van der Waals surface area contributed by atoms with E-state index in [9.17, 15) is 48.6 Å². The summed E-state index contributed by atoms with van der Waals surface area (Å²) in [5.74, 6) is -1.51. The molecule has 71 heavy (non-hydrogen) atoms. The van der Waals surface area contributed by atoms with Gasteiger partial charge in [-0.3, -0.25) is 23.2 Å². The number of hydrogen-bond acceptors (Lipinski definition) is 16. The van der Waals surface area contributed by atoms with Crippen LogP contribution in [0, 0.1) is 0 Å². The van der Waals surface area contributed by atoms with Gasteiger partial charge < -0.3 is 45.1 Å². The number of nitrogens with two attached hydrogens (primary N) is 1. The van der Waals surface area contributed by atoms with E-state index in [2.05, 4.69) is 47.4 Å². The lowest BCUT2D eigenvalue weighted by Gasteiger charge is -2.21. The molecule has 1 aliphatic rings. The molecule has 21 heteroatoms. The third kappa shape index (κ3) is 31.1. The number of unbranched alkanes of at least 4 members (excludes halogenated alkanes) is 17. The van der Waals surface area contributed by atoms with Gasteiger partial charge in [-0.2, -0.15) is 9.29 Å². The van der Waals surface area contributed by atoms with E-state index in [1.165, 1.54) is 83.1 Å². The van der Waals surface area contributed by atoms with E-state index in [0.29, 0.717) is 6.42 Å². The van der Waals surface area contributed by atoms with E-state index in [1.54, 1.807) is 12.2 Å². The number of anilines is 1. The maximum Gasteiger partial charge on any atom is 0.481 e. The third-order valence-electron chi connectivity index (χ3n) is 11.5. The number of aromatic nitrogens is 2. The average Bonchev–Trinajstić information content (AvgIpc) is 3.60. The Hall–Kier alpha value is -3.32. The summed E-state index contributed by atoms with van der Waals surface area (Å²) < 4.78 is 56.6. The molecule has 0 bridgehead atoms. The molecule has 0 aromatic carbocycles. The number of ether oxygens (including phenoxy) is 3. The highest BCUT2D eigenvalue weighted by Gasteiger charge is 2.46. The van der Waals surface area contributed by atoms with E-state index in [1.807, 2.05) is 12.2 Å². The summed E-state index contributed by atoms with van der Waals surface area (Å²) in [4.78, 5) is 61.9. The molecule has 2 rings (SSSR count). The monoisotopic (exact) mass is 1050 g/mol. The Morgan fingerprint density at radius 1 is 0.746 bits per heavy atom. The minimum Gasteiger partial charge on any atom is -0.462 e. The molecule has 19 nitrogen and oxygen atoms in total. The van der Waals surface area contributed by atoms with Crippen LogP contribution in [0.5, 0.6) is 0 Å². The van der Waals surface area contributed by atoms with Crippen molar-refractivity contribution in [2.75, 3.05) is 25.6 Å². The highest BCUT2D eigenvalue weighted by atomic mass is 31.3. The molecule has 3 unspecified atom stereocenters. The van der Waals surface area contributed by atoms with Crippen molar-refractivity contribution in [2.45, 2.75) is 211 Å². The first-order chi connectivity index (χ1) is 34.1. The Balaban J connectivity index is 1.86. The smallest absolute Gasteiger partial charge is 0.462 e. The topological polar surface area (TPSA) is 286 Å². The van der Waals surface area contributed by atoms with E-state index >= 15 is 0 Å². The number of allylic oxidation sites excluding steroid dienone is 7. The number of aliphatic hydroxyl groups excluding tert-OH is 3. The molecule has 2 heterocycles. The van der Waals surface area contributed by atoms with Gasteiger partial charge in [0, 0.05) is 19.0 Å². The standard InChI is InChI=1S/C50H85N3O16P2/c1-3-5-7-9-11-13-15-17-18-20-22-24-26-28-30-34-45(55)64-38-42(67-46(56)35-31-33-41(54)32-29-27-25-23-21-19-16-14-12-10-8-6-4-2)39-65-70(60,61)69-71(62,63)66-40-43-47(57)48(58)49(68-43)53-37-36-44(51)52-50(53)59/h17-19,21,25,27,29,32,36-37,41-43,47-49,54,57-58H,3-16,20,22-24,26,28,30-31,33-35,38-40H2,1-2H3,(H,60,61)(H,62,63)(H2,51,52,59)/b18-17-,21-19+,27-25+,32-29+/t41?,42-,43-,47-,48-,49-/m1/s1. The highest BCUT2D eigenvalue weighted by Crippen LogP contribution is 2.60. The van der Waals surface area contributed by atoms with Crippen LogP contribution in [-0.2, 0) is 46.3 Å². The second kappa shape index (κ2) is 38.3. The molecule has 1 fully saturated rings. The Bertz CT molecular complexity index is 1890. The van der Waals surface area contributed by atoms with Gasteiger partial charge in [0.25, 0.3) is 0 Å². The zero-order chi connectivity index (χ0) is 52.2. The van der Waals surface area contributed by atoms with Crippen LogP contribution >= 0.6 is 15.6 Å². The van der Waals surface area contributed by atoms with Gasteiger partial charge in [-0.1, -0.05) is 146 Å². The van der Waals surface area contributed by atoms with Crippen LogP contribution in [0.15, 0.2) is 65.7 Å². The van der Waals surface area contributed by atoms with Gasteiger partial charge in [0.15, 0.2) is 12.3 Å². The van der Waals surface area contributed by atoms with Gasteiger partial charge in [-0.05, 0) is 70.3 Å². The van der Waals surface area contributed by atoms with Crippen molar-refractivity contribution in [2.24, 2.45) is 0 Å².